The van der Waals surface area contributed by atoms with Crippen molar-refractivity contribution in [1.29, 1.82) is 0 Å². The molecule has 9 aromatic rings. The van der Waals surface area contributed by atoms with E-state index < -0.39 is 0 Å². The van der Waals surface area contributed by atoms with Crippen molar-refractivity contribution in [2.24, 2.45) is 0 Å². The number of aromatic hydroxyl groups is 4. The van der Waals surface area contributed by atoms with Crippen LogP contribution in [0.25, 0.3) is 86.9 Å². The molecule has 0 saturated heterocycles. The van der Waals surface area contributed by atoms with Gasteiger partial charge < -0.3 is 20.4 Å². The summed E-state index contributed by atoms with van der Waals surface area (Å²) in [5.41, 5.74) is 12.4. The molecule has 1 heterocycles. The SMILES string of the molecule is Oc1ccc(-c2cc(-c3ccc(O)cc3)cc(-c3ccc4sc5ccc(-c6cc(-c7ccc(O)cc7)cc(-c7ccc(O)cc7)c6)cc5c4c3)c2)cc1. The Labute approximate surface area is 310 Å². The van der Waals surface area contributed by atoms with Crippen LogP contribution in [0.2, 0.25) is 0 Å². The van der Waals surface area contributed by atoms with Crippen LogP contribution in [0.5, 0.6) is 23.0 Å². The fraction of sp³-hybridized carbons (Fsp3) is 0. The van der Waals surface area contributed by atoms with Gasteiger partial charge in [0.05, 0.1) is 0 Å². The summed E-state index contributed by atoms with van der Waals surface area (Å²) in [7, 11) is 0. The van der Waals surface area contributed by atoms with E-state index in [0.717, 1.165) is 66.8 Å². The first-order valence-electron chi connectivity index (χ1n) is 17.3. The van der Waals surface area contributed by atoms with Gasteiger partial charge in [-0.05, 0) is 176 Å². The number of hydrogen-bond acceptors (Lipinski definition) is 5. The summed E-state index contributed by atoms with van der Waals surface area (Å²) in [4.78, 5) is 0. The van der Waals surface area contributed by atoms with Crippen LogP contribution in [0.1, 0.15) is 0 Å². The molecule has 0 fully saturated rings. The maximum Gasteiger partial charge on any atom is 0.115 e. The molecule has 0 amide bonds. The normalized spacial score (nSPS) is 11.3. The van der Waals surface area contributed by atoms with Gasteiger partial charge in [-0.1, -0.05) is 60.7 Å². The van der Waals surface area contributed by atoms with Gasteiger partial charge in [0.2, 0.25) is 0 Å². The summed E-state index contributed by atoms with van der Waals surface area (Å²) in [5, 5.41) is 42.2. The predicted octanol–water partition coefficient (Wildman–Crippen LogP) is 12.9. The fourth-order valence-corrected chi connectivity index (χ4v) is 8.07. The van der Waals surface area contributed by atoms with Crippen LogP contribution in [-0.2, 0) is 0 Å². The summed E-state index contributed by atoms with van der Waals surface area (Å²) in [5.74, 6) is 0.894. The van der Waals surface area contributed by atoms with E-state index in [4.69, 9.17) is 0 Å². The summed E-state index contributed by atoms with van der Waals surface area (Å²) in [6, 6.07) is 55.4. The lowest BCUT2D eigenvalue weighted by molar-refractivity contribution is 0.475. The van der Waals surface area contributed by atoms with Crippen LogP contribution in [0.15, 0.2) is 170 Å². The quantitative estimate of drug-likeness (QED) is 0.139. The fourth-order valence-electron chi connectivity index (χ4n) is 7.01. The Bertz CT molecular complexity index is 2460. The highest BCUT2D eigenvalue weighted by atomic mass is 32.1. The van der Waals surface area contributed by atoms with Crippen LogP contribution in [-0.4, -0.2) is 20.4 Å². The van der Waals surface area contributed by atoms with Gasteiger partial charge in [-0.15, -0.1) is 11.3 Å². The molecule has 5 heteroatoms. The summed E-state index contributed by atoms with van der Waals surface area (Å²) < 4.78 is 2.41. The zero-order valence-corrected chi connectivity index (χ0v) is 29.2. The molecule has 0 atom stereocenters. The minimum Gasteiger partial charge on any atom is -0.508 e. The van der Waals surface area contributed by atoms with Crippen molar-refractivity contribution in [3.05, 3.63) is 170 Å². The molecule has 9 rings (SSSR count). The maximum atomic E-state index is 9.96. The van der Waals surface area contributed by atoms with Crippen molar-refractivity contribution in [2.45, 2.75) is 0 Å². The lowest BCUT2D eigenvalue weighted by atomic mass is 9.92. The number of rotatable bonds is 6. The molecule has 0 radical (unpaired) electrons. The number of hydrogen-bond donors (Lipinski definition) is 4. The molecule has 4 nitrogen and oxygen atoms in total. The Morgan fingerprint density at radius 3 is 0.717 bits per heavy atom. The smallest absolute Gasteiger partial charge is 0.115 e. The second kappa shape index (κ2) is 13.1. The molecule has 0 aliphatic heterocycles. The van der Waals surface area contributed by atoms with Crippen LogP contribution < -0.4 is 0 Å². The van der Waals surface area contributed by atoms with Crippen LogP contribution in [0, 0.1) is 0 Å². The van der Waals surface area contributed by atoms with Crippen molar-refractivity contribution in [3.63, 3.8) is 0 Å². The van der Waals surface area contributed by atoms with Gasteiger partial charge in [-0.3, -0.25) is 0 Å². The molecule has 1 aromatic heterocycles. The highest BCUT2D eigenvalue weighted by molar-refractivity contribution is 7.25. The number of phenols is 4. The maximum absolute atomic E-state index is 9.96. The Hall–Kier alpha value is -6.82. The molecular formula is C48H32O4S. The molecule has 254 valence electrons. The third-order valence-electron chi connectivity index (χ3n) is 9.80. The minimum absolute atomic E-state index is 0.224. The summed E-state index contributed by atoms with van der Waals surface area (Å²) in [6.45, 7) is 0. The number of phenolic OH excluding ortho intramolecular Hbond substituents is 4. The van der Waals surface area contributed by atoms with E-state index in [-0.39, 0.29) is 23.0 Å². The van der Waals surface area contributed by atoms with E-state index in [1.54, 1.807) is 59.9 Å². The number of thiophene rings is 1. The van der Waals surface area contributed by atoms with E-state index in [9.17, 15) is 20.4 Å². The van der Waals surface area contributed by atoms with Gasteiger partial charge in [0.1, 0.15) is 23.0 Å². The Kier molecular flexibility index (Phi) is 7.91. The van der Waals surface area contributed by atoms with Crippen LogP contribution in [0.4, 0.5) is 0 Å². The molecule has 0 aliphatic rings. The van der Waals surface area contributed by atoms with Crippen molar-refractivity contribution in [3.8, 4) is 89.8 Å². The molecule has 0 bridgehead atoms. The highest BCUT2D eigenvalue weighted by Gasteiger charge is 2.14. The lowest BCUT2D eigenvalue weighted by Crippen LogP contribution is -1.87. The van der Waals surface area contributed by atoms with Gasteiger partial charge in [-0.25, -0.2) is 0 Å². The Morgan fingerprint density at radius 1 is 0.226 bits per heavy atom. The molecule has 0 unspecified atom stereocenters. The third-order valence-corrected chi connectivity index (χ3v) is 11.0. The predicted molar refractivity (Wildman–Crippen MR) is 219 cm³/mol. The summed E-state index contributed by atoms with van der Waals surface area (Å²) in [6.07, 6.45) is 0. The largest absolute Gasteiger partial charge is 0.508 e. The molecule has 0 aliphatic carbocycles. The highest BCUT2D eigenvalue weighted by Crippen LogP contribution is 2.41. The van der Waals surface area contributed by atoms with Crippen molar-refractivity contribution >= 4 is 31.5 Å². The molecule has 8 aromatic carbocycles. The first-order valence-corrected chi connectivity index (χ1v) is 18.1. The van der Waals surface area contributed by atoms with Crippen molar-refractivity contribution in [1.82, 2.24) is 0 Å². The van der Waals surface area contributed by atoms with E-state index >= 15 is 0 Å². The van der Waals surface area contributed by atoms with Gasteiger partial charge in [0.25, 0.3) is 0 Å². The average Bonchev–Trinajstić information content (AvgIpc) is 3.56. The zero-order chi connectivity index (χ0) is 36.1. The zero-order valence-electron chi connectivity index (χ0n) is 28.4. The summed E-state index contributed by atoms with van der Waals surface area (Å²) >= 11 is 1.78. The monoisotopic (exact) mass is 704 g/mol. The van der Waals surface area contributed by atoms with E-state index in [1.165, 1.54) is 20.2 Å². The van der Waals surface area contributed by atoms with Crippen molar-refractivity contribution in [2.75, 3.05) is 0 Å². The third kappa shape index (κ3) is 6.35. The van der Waals surface area contributed by atoms with Crippen molar-refractivity contribution < 1.29 is 20.4 Å². The second-order valence-corrected chi connectivity index (χ2v) is 14.4. The van der Waals surface area contributed by atoms with Gasteiger partial charge >= 0.3 is 0 Å². The van der Waals surface area contributed by atoms with E-state index in [2.05, 4.69) is 72.8 Å². The second-order valence-electron chi connectivity index (χ2n) is 13.3. The van der Waals surface area contributed by atoms with Crippen LogP contribution >= 0.6 is 11.3 Å². The Morgan fingerprint density at radius 2 is 0.453 bits per heavy atom. The lowest BCUT2D eigenvalue weighted by Gasteiger charge is -2.12. The molecule has 53 heavy (non-hydrogen) atoms. The molecular weight excluding hydrogens is 673 g/mol. The van der Waals surface area contributed by atoms with Gasteiger partial charge in [0.15, 0.2) is 0 Å². The first-order chi connectivity index (χ1) is 25.8. The Balaban J connectivity index is 1.18. The molecule has 0 spiro atoms. The topological polar surface area (TPSA) is 80.9 Å². The molecule has 0 saturated carbocycles. The van der Waals surface area contributed by atoms with Gasteiger partial charge in [-0.2, -0.15) is 0 Å². The van der Waals surface area contributed by atoms with E-state index in [1.807, 2.05) is 48.5 Å². The average molecular weight is 705 g/mol. The van der Waals surface area contributed by atoms with E-state index in [0.29, 0.717) is 0 Å². The molecule has 4 N–H and O–H groups in total. The minimum atomic E-state index is 0.224. The first kappa shape index (κ1) is 32.1. The standard InChI is InChI=1S/C48H32O4S/c49-41-11-1-29(2-12-41)35-21-36(30-3-13-42(50)14-4-30)24-39(23-35)33-9-19-47-45(27-33)46-28-34(10-20-48(46)53-47)40-25-37(31-5-15-43(51)16-6-31)22-38(26-40)32-7-17-44(52)18-8-32/h1-28,49-52H. The number of benzene rings is 8. The number of fused-ring (bicyclic) bond motifs is 3. The van der Waals surface area contributed by atoms with Crippen LogP contribution in [0.3, 0.4) is 0 Å². The van der Waals surface area contributed by atoms with Gasteiger partial charge in [0, 0.05) is 20.2 Å².